The van der Waals surface area contributed by atoms with Crippen LogP contribution in [-0.2, 0) is 30.4 Å². The number of nitrogens with one attached hydrogen (secondary N) is 4. The monoisotopic (exact) mass is 507 g/mol. The highest BCUT2D eigenvalue weighted by Gasteiger charge is 2.32. The summed E-state index contributed by atoms with van der Waals surface area (Å²) in [6.45, 7) is 0.140. The smallest absolute Gasteiger partial charge is 0.328 e. The molecule has 0 aliphatic heterocycles. The van der Waals surface area contributed by atoms with E-state index in [1.54, 1.807) is 6.20 Å². The van der Waals surface area contributed by atoms with Gasteiger partial charge in [-0.1, -0.05) is 18.2 Å². The summed E-state index contributed by atoms with van der Waals surface area (Å²) >= 11 is 0. The minimum Gasteiger partial charge on any atom is -0.481 e. The molecule has 1 heterocycles. The summed E-state index contributed by atoms with van der Waals surface area (Å²) in [4.78, 5) is 63.1. The number of aliphatic hydroxyl groups excluding tert-OH is 2. The number of aromatic amines is 1. The van der Waals surface area contributed by atoms with Crippen LogP contribution < -0.4 is 21.7 Å². The maximum atomic E-state index is 12.7. The van der Waals surface area contributed by atoms with Gasteiger partial charge in [0.2, 0.25) is 17.7 Å². The van der Waals surface area contributed by atoms with Crippen LogP contribution in [0, 0.1) is 0 Å². The summed E-state index contributed by atoms with van der Waals surface area (Å²) in [5.74, 6) is -6.09. The number of aromatic nitrogens is 1. The van der Waals surface area contributed by atoms with E-state index >= 15 is 0 Å². The van der Waals surface area contributed by atoms with Crippen LogP contribution >= 0.6 is 0 Å². The van der Waals surface area contributed by atoms with Crippen molar-refractivity contribution < 1.29 is 44.4 Å². The van der Waals surface area contributed by atoms with Crippen LogP contribution in [0.3, 0.4) is 0 Å². The van der Waals surface area contributed by atoms with Crippen LogP contribution in [0.5, 0.6) is 0 Å². The van der Waals surface area contributed by atoms with E-state index in [9.17, 15) is 34.2 Å². The van der Waals surface area contributed by atoms with Gasteiger partial charge in [-0.15, -0.1) is 0 Å². The van der Waals surface area contributed by atoms with Gasteiger partial charge in [0.15, 0.2) is 6.04 Å². The van der Waals surface area contributed by atoms with Gasteiger partial charge in [-0.2, -0.15) is 0 Å². The molecule has 1 aromatic carbocycles. The molecule has 0 fully saturated rings. The molecule has 0 spiro atoms. The number of rotatable bonds is 13. The Morgan fingerprint density at radius 2 is 1.58 bits per heavy atom. The van der Waals surface area contributed by atoms with Crippen LogP contribution in [-0.4, -0.2) is 91.9 Å². The maximum absolute atomic E-state index is 12.7. The Labute approximate surface area is 204 Å². The van der Waals surface area contributed by atoms with Gasteiger partial charge in [0.25, 0.3) is 0 Å². The number of carbonyl (C=O) groups excluding carboxylic acids is 3. The normalized spacial score (nSPS) is 15.2. The number of aliphatic carboxylic acids is 2. The minimum atomic E-state index is -1.72. The number of benzene rings is 1. The van der Waals surface area contributed by atoms with E-state index in [-0.39, 0.29) is 6.42 Å². The molecule has 196 valence electrons. The summed E-state index contributed by atoms with van der Waals surface area (Å²) in [6, 6.07) is 1.10. The number of fused-ring (bicyclic) bond motifs is 1. The van der Waals surface area contributed by atoms with Crippen LogP contribution in [0.1, 0.15) is 18.9 Å². The number of carboxylic acid groups (broad SMARTS) is 2. The molecular weight excluding hydrogens is 478 g/mol. The molecule has 5 unspecified atom stereocenters. The lowest BCUT2D eigenvalue weighted by atomic mass is 10.0. The predicted molar refractivity (Wildman–Crippen MR) is 124 cm³/mol. The zero-order valence-electron chi connectivity index (χ0n) is 19.3. The second-order valence-corrected chi connectivity index (χ2v) is 8.14. The highest BCUT2D eigenvalue weighted by Crippen LogP contribution is 2.18. The fraction of sp³-hybridized carbons (Fsp3) is 0.409. The van der Waals surface area contributed by atoms with Crippen molar-refractivity contribution in [2.24, 2.45) is 5.73 Å². The largest absolute Gasteiger partial charge is 0.481 e. The number of para-hydroxylation sites is 1. The van der Waals surface area contributed by atoms with Crippen molar-refractivity contribution in [1.82, 2.24) is 20.9 Å². The molecule has 2 aromatic rings. The SMILES string of the molecule is CC(O)C(NC(=O)C(CO)NC(=O)C(CC(=O)O)NC(=O)C(N)Cc1c[nH]c2ccccc12)C(=O)O. The molecule has 0 aliphatic carbocycles. The van der Waals surface area contributed by atoms with E-state index in [1.165, 1.54) is 0 Å². The fourth-order valence-electron chi connectivity index (χ4n) is 3.40. The third-order valence-electron chi connectivity index (χ3n) is 5.33. The van der Waals surface area contributed by atoms with Gasteiger partial charge in [-0.3, -0.25) is 19.2 Å². The molecule has 14 nitrogen and oxygen atoms in total. The average molecular weight is 508 g/mol. The van der Waals surface area contributed by atoms with Gasteiger partial charge in [0.1, 0.15) is 12.1 Å². The highest BCUT2D eigenvalue weighted by molar-refractivity contribution is 5.96. The first kappa shape index (κ1) is 28.2. The van der Waals surface area contributed by atoms with Crippen molar-refractivity contribution in [3.05, 3.63) is 36.0 Å². The van der Waals surface area contributed by atoms with Gasteiger partial charge in [-0.25, -0.2) is 4.79 Å². The summed E-state index contributed by atoms with van der Waals surface area (Å²) < 4.78 is 0. The summed E-state index contributed by atoms with van der Waals surface area (Å²) in [7, 11) is 0. The predicted octanol–water partition coefficient (Wildman–Crippen LogP) is -2.58. The number of carbonyl (C=O) groups is 5. The van der Waals surface area contributed by atoms with E-state index in [0.717, 1.165) is 23.4 Å². The maximum Gasteiger partial charge on any atom is 0.328 e. The number of nitrogens with two attached hydrogens (primary N) is 1. The quantitative estimate of drug-likeness (QED) is 0.137. The van der Waals surface area contributed by atoms with Crippen LogP contribution in [0.25, 0.3) is 10.9 Å². The third kappa shape index (κ3) is 7.49. The molecule has 10 N–H and O–H groups in total. The van der Waals surface area contributed by atoms with E-state index < -0.39 is 73.0 Å². The molecule has 0 saturated heterocycles. The Kier molecular flexibility index (Phi) is 9.90. The Bertz CT molecular complexity index is 1120. The van der Waals surface area contributed by atoms with Crippen molar-refractivity contribution in [3.8, 4) is 0 Å². The van der Waals surface area contributed by atoms with Crippen LogP contribution in [0.2, 0.25) is 0 Å². The number of H-pyrrole nitrogens is 1. The van der Waals surface area contributed by atoms with Gasteiger partial charge in [-0.05, 0) is 25.0 Å². The molecule has 2 rings (SSSR count). The molecule has 0 bridgehead atoms. The first-order valence-electron chi connectivity index (χ1n) is 10.9. The summed E-state index contributed by atoms with van der Waals surface area (Å²) in [5.41, 5.74) is 7.54. The van der Waals surface area contributed by atoms with Crippen molar-refractivity contribution in [3.63, 3.8) is 0 Å². The van der Waals surface area contributed by atoms with Crippen LogP contribution in [0.15, 0.2) is 30.5 Å². The summed E-state index contributed by atoms with van der Waals surface area (Å²) in [5, 5.41) is 44.3. The lowest BCUT2D eigenvalue weighted by Gasteiger charge is -2.24. The van der Waals surface area contributed by atoms with E-state index in [0.29, 0.717) is 0 Å². The van der Waals surface area contributed by atoms with Crippen LogP contribution in [0.4, 0.5) is 0 Å². The average Bonchev–Trinajstić information content (AvgIpc) is 3.22. The molecule has 0 radical (unpaired) electrons. The number of amides is 3. The molecule has 5 atom stereocenters. The molecule has 3 amide bonds. The topological polar surface area (TPSA) is 244 Å². The standard InChI is InChI=1S/C22H29N5O9/c1-10(29)18(22(35)36)27-21(34)16(9-28)26-20(33)15(7-17(30)31)25-19(32)13(23)6-11-8-24-14-5-3-2-4-12(11)14/h2-5,8,10,13,15-16,18,24,28-29H,6-7,9,23H2,1H3,(H,25,32)(H,26,33)(H,27,34)(H,30,31)(H,35,36). The van der Waals surface area contributed by atoms with Gasteiger partial charge in [0, 0.05) is 17.1 Å². The number of hydrogen-bond donors (Lipinski definition) is 9. The Balaban J connectivity index is 2.07. The van der Waals surface area contributed by atoms with Gasteiger partial charge in [0.05, 0.1) is 25.2 Å². The Morgan fingerprint density at radius 1 is 0.972 bits per heavy atom. The van der Waals surface area contributed by atoms with E-state index in [1.807, 2.05) is 29.6 Å². The number of hydrogen-bond acceptors (Lipinski definition) is 8. The Morgan fingerprint density at radius 3 is 2.17 bits per heavy atom. The molecule has 36 heavy (non-hydrogen) atoms. The highest BCUT2D eigenvalue weighted by atomic mass is 16.4. The molecule has 1 aromatic heterocycles. The molecule has 0 saturated carbocycles. The first-order chi connectivity index (χ1) is 16.9. The van der Waals surface area contributed by atoms with Gasteiger partial charge < -0.3 is 47.1 Å². The first-order valence-corrected chi connectivity index (χ1v) is 10.9. The second kappa shape index (κ2) is 12.6. The zero-order valence-corrected chi connectivity index (χ0v) is 19.3. The van der Waals surface area contributed by atoms with Crippen molar-refractivity contribution in [2.75, 3.05) is 6.61 Å². The zero-order chi connectivity index (χ0) is 27.0. The summed E-state index contributed by atoms with van der Waals surface area (Å²) in [6.07, 6.45) is -0.585. The molecule has 0 aliphatic rings. The Hall–Kier alpha value is -4.01. The third-order valence-corrected chi connectivity index (χ3v) is 5.33. The molecular formula is C22H29N5O9. The number of aliphatic hydroxyl groups is 2. The lowest BCUT2D eigenvalue weighted by Crippen LogP contribution is -2.59. The van der Waals surface area contributed by atoms with Crippen molar-refractivity contribution >= 4 is 40.6 Å². The minimum absolute atomic E-state index is 0.0782. The van der Waals surface area contributed by atoms with E-state index in [4.69, 9.17) is 15.9 Å². The van der Waals surface area contributed by atoms with Crippen molar-refractivity contribution in [1.29, 1.82) is 0 Å². The van der Waals surface area contributed by atoms with E-state index in [2.05, 4.69) is 15.6 Å². The number of carboxylic acids is 2. The molecule has 14 heteroatoms. The second-order valence-electron chi connectivity index (χ2n) is 8.14. The lowest BCUT2D eigenvalue weighted by molar-refractivity contribution is -0.146. The van der Waals surface area contributed by atoms with Crippen molar-refractivity contribution in [2.45, 2.75) is 50.0 Å². The fourth-order valence-corrected chi connectivity index (χ4v) is 3.40. The van der Waals surface area contributed by atoms with Gasteiger partial charge >= 0.3 is 11.9 Å².